The SMILES string of the molecule is C#CCC(OC(=O)c1ccc(C)[nH]c1=O)C(C)(C)C. The number of hydrogen-bond donors (Lipinski definition) is 1. The predicted molar refractivity (Wildman–Crippen MR) is 73.9 cm³/mol. The first-order chi connectivity index (χ1) is 8.75. The first-order valence-electron chi connectivity index (χ1n) is 6.10. The van der Waals surface area contributed by atoms with Crippen LogP contribution in [-0.2, 0) is 4.74 Å². The lowest BCUT2D eigenvalue weighted by Gasteiger charge is -2.28. The summed E-state index contributed by atoms with van der Waals surface area (Å²) >= 11 is 0. The zero-order valence-electron chi connectivity index (χ0n) is 11.7. The molecule has 1 atom stereocenters. The van der Waals surface area contributed by atoms with Gasteiger partial charge in [-0.15, -0.1) is 12.3 Å². The van der Waals surface area contributed by atoms with Gasteiger partial charge in [-0.3, -0.25) is 4.79 Å². The van der Waals surface area contributed by atoms with Crippen molar-refractivity contribution in [3.63, 3.8) is 0 Å². The molecule has 4 heteroatoms. The van der Waals surface area contributed by atoms with Gasteiger partial charge in [0, 0.05) is 12.1 Å². The minimum atomic E-state index is -0.642. The van der Waals surface area contributed by atoms with E-state index < -0.39 is 17.6 Å². The summed E-state index contributed by atoms with van der Waals surface area (Å²) in [6.45, 7) is 7.54. The fraction of sp³-hybridized carbons (Fsp3) is 0.467. The highest BCUT2D eigenvalue weighted by Gasteiger charge is 2.28. The van der Waals surface area contributed by atoms with Gasteiger partial charge in [0.2, 0.25) is 0 Å². The molecule has 0 aliphatic heterocycles. The summed E-state index contributed by atoms with van der Waals surface area (Å²) in [6.07, 6.45) is 5.17. The first-order valence-corrected chi connectivity index (χ1v) is 6.10. The predicted octanol–water partition coefficient (Wildman–Crippen LogP) is 2.28. The maximum absolute atomic E-state index is 12.0. The second-order valence-electron chi connectivity index (χ2n) is 5.55. The Morgan fingerprint density at radius 3 is 2.58 bits per heavy atom. The number of nitrogens with one attached hydrogen (secondary N) is 1. The number of H-pyrrole nitrogens is 1. The van der Waals surface area contributed by atoms with Crippen LogP contribution in [0.4, 0.5) is 0 Å². The topological polar surface area (TPSA) is 59.2 Å². The number of aryl methyl sites for hydroxylation is 1. The van der Waals surface area contributed by atoms with Crippen molar-refractivity contribution in [1.82, 2.24) is 4.98 Å². The highest BCUT2D eigenvalue weighted by Crippen LogP contribution is 2.25. The smallest absolute Gasteiger partial charge is 0.344 e. The van der Waals surface area contributed by atoms with Gasteiger partial charge in [0.25, 0.3) is 5.56 Å². The van der Waals surface area contributed by atoms with E-state index in [-0.39, 0.29) is 11.0 Å². The Bertz CT molecular complexity index is 558. The molecule has 1 heterocycles. The molecule has 102 valence electrons. The molecule has 1 rings (SSSR count). The maximum atomic E-state index is 12.0. The number of terminal acetylenes is 1. The Hall–Kier alpha value is -2.02. The van der Waals surface area contributed by atoms with Crippen LogP contribution in [-0.4, -0.2) is 17.1 Å². The molecule has 1 N–H and O–H groups in total. The van der Waals surface area contributed by atoms with Crippen LogP contribution in [0.25, 0.3) is 0 Å². The Morgan fingerprint density at radius 2 is 2.11 bits per heavy atom. The van der Waals surface area contributed by atoms with Crippen LogP contribution in [0.15, 0.2) is 16.9 Å². The lowest BCUT2D eigenvalue weighted by atomic mass is 9.87. The molecule has 0 radical (unpaired) electrons. The van der Waals surface area contributed by atoms with Gasteiger partial charge in [-0.2, -0.15) is 0 Å². The van der Waals surface area contributed by atoms with E-state index in [9.17, 15) is 9.59 Å². The van der Waals surface area contributed by atoms with Crippen molar-refractivity contribution in [2.75, 3.05) is 0 Å². The van der Waals surface area contributed by atoms with Crippen LogP contribution in [0.1, 0.15) is 43.2 Å². The van der Waals surface area contributed by atoms with Crippen molar-refractivity contribution >= 4 is 5.97 Å². The van der Waals surface area contributed by atoms with Gasteiger partial charge >= 0.3 is 5.97 Å². The highest BCUT2D eigenvalue weighted by molar-refractivity contribution is 5.89. The van der Waals surface area contributed by atoms with E-state index in [0.29, 0.717) is 12.1 Å². The van der Waals surface area contributed by atoms with E-state index in [1.165, 1.54) is 6.07 Å². The Kier molecular flexibility index (Phi) is 4.55. The zero-order chi connectivity index (χ0) is 14.6. The third-order valence-electron chi connectivity index (χ3n) is 2.79. The fourth-order valence-electron chi connectivity index (χ4n) is 1.56. The van der Waals surface area contributed by atoms with Crippen LogP contribution in [0.2, 0.25) is 0 Å². The molecule has 0 bridgehead atoms. The van der Waals surface area contributed by atoms with Crippen LogP contribution >= 0.6 is 0 Å². The Balaban J connectivity index is 2.95. The van der Waals surface area contributed by atoms with Gasteiger partial charge in [-0.05, 0) is 24.5 Å². The number of carbonyl (C=O) groups excluding carboxylic acids is 1. The fourth-order valence-corrected chi connectivity index (χ4v) is 1.56. The number of pyridine rings is 1. The first kappa shape index (κ1) is 15.0. The molecule has 4 nitrogen and oxygen atoms in total. The van der Waals surface area contributed by atoms with Gasteiger partial charge in [-0.25, -0.2) is 4.79 Å². The molecule has 0 fully saturated rings. The molecular weight excluding hydrogens is 242 g/mol. The van der Waals surface area contributed by atoms with Gasteiger partial charge < -0.3 is 9.72 Å². The molecule has 0 spiro atoms. The van der Waals surface area contributed by atoms with Crippen molar-refractivity contribution in [3.05, 3.63) is 33.7 Å². The summed E-state index contributed by atoms with van der Waals surface area (Å²) in [5.41, 5.74) is -0.0350. The van der Waals surface area contributed by atoms with Gasteiger partial charge in [0.05, 0.1) is 0 Å². The normalized spacial score (nSPS) is 12.6. The summed E-state index contributed by atoms with van der Waals surface area (Å²) in [5, 5.41) is 0. The maximum Gasteiger partial charge on any atom is 0.344 e. The number of carbonyl (C=O) groups is 1. The van der Waals surface area contributed by atoms with Crippen molar-refractivity contribution in [3.8, 4) is 12.3 Å². The molecule has 1 aromatic heterocycles. The molecule has 1 unspecified atom stereocenters. The zero-order valence-corrected chi connectivity index (χ0v) is 11.7. The Morgan fingerprint density at radius 1 is 1.47 bits per heavy atom. The summed E-state index contributed by atoms with van der Waals surface area (Å²) in [7, 11) is 0. The minimum absolute atomic E-state index is 0.00290. The molecule has 0 saturated heterocycles. The second kappa shape index (κ2) is 5.75. The van der Waals surface area contributed by atoms with E-state index in [1.54, 1.807) is 13.0 Å². The molecular formula is C15H19NO3. The van der Waals surface area contributed by atoms with Crippen LogP contribution in [0, 0.1) is 24.7 Å². The molecule has 1 aromatic rings. The summed E-state index contributed by atoms with van der Waals surface area (Å²) in [6, 6.07) is 3.12. The van der Waals surface area contributed by atoms with Crippen molar-refractivity contribution in [1.29, 1.82) is 0 Å². The van der Waals surface area contributed by atoms with Crippen LogP contribution in [0.5, 0.6) is 0 Å². The number of hydrogen-bond acceptors (Lipinski definition) is 3. The van der Waals surface area contributed by atoms with E-state index >= 15 is 0 Å². The third kappa shape index (κ3) is 3.99. The summed E-state index contributed by atoms with van der Waals surface area (Å²) in [4.78, 5) is 26.2. The van der Waals surface area contributed by atoms with Crippen LogP contribution in [0.3, 0.4) is 0 Å². The molecule has 19 heavy (non-hydrogen) atoms. The molecule has 0 aromatic carbocycles. The van der Waals surface area contributed by atoms with E-state index in [1.807, 2.05) is 20.8 Å². The quantitative estimate of drug-likeness (QED) is 0.670. The number of aromatic amines is 1. The number of esters is 1. The number of rotatable bonds is 3. The monoisotopic (exact) mass is 261 g/mol. The largest absolute Gasteiger partial charge is 0.457 e. The summed E-state index contributed by atoms with van der Waals surface area (Å²) < 4.78 is 5.36. The lowest BCUT2D eigenvalue weighted by molar-refractivity contribution is -0.000725. The molecule has 0 saturated carbocycles. The van der Waals surface area contributed by atoms with E-state index in [2.05, 4.69) is 10.9 Å². The average molecular weight is 261 g/mol. The van der Waals surface area contributed by atoms with Crippen molar-refractivity contribution < 1.29 is 9.53 Å². The molecule has 0 aliphatic carbocycles. The van der Waals surface area contributed by atoms with Crippen LogP contribution < -0.4 is 5.56 Å². The molecule has 0 amide bonds. The highest BCUT2D eigenvalue weighted by atomic mass is 16.5. The number of ether oxygens (including phenoxy) is 1. The third-order valence-corrected chi connectivity index (χ3v) is 2.79. The van der Waals surface area contributed by atoms with E-state index in [0.717, 1.165) is 0 Å². The van der Waals surface area contributed by atoms with E-state index in [4.69, 9.17) is 11.2 Å². The van der Waals surface area contributed by atoms with Gasteiger partial charge in [-0.1, -0.05) is 20.8 Å². The minimum Gasteiger partial charge on any atom is -0.457 e. The lowest BCUT2D eigenvalue weighted by Crippen LogP contribution is -2.33. The van der Waals surface area contributed by atoms with Crippen molar-refractivity contribution in [2.24, 2.45) is 5.41 Å². The average Bonchev–Trinajstić information content (AvgIpc) is 2.26. The second-order valence-corrected chi connectivity index (χ2v) is 5.55. The number of aromatic nitrogens is 1. The summed E-state index contributed by atoms with van der Waals surface area (Å²) in [5.74, 6) is 1.85. The van der Waals surface area contributed by atoms with Gasteiger partial charge in [0.15, 0.2) is 0 Å². The van der Waals surface area contributed by atoms with Crippen molar-refractivity contribution in [2.45, 2.75) is 40.2 Å². The van der Waals surface area contributed by atoms with Gasteiger partial charge in [0.1, 0.15) is 11.7 Å². The molecule has 0 aliphatic rings. The Labute approximate surface area is 113 Å². The standard InChI is InChI=1S/C15H19NO3/c1-6-7-12(15(3,4)5)19-14(18)11-9-8-10(2)16-13(11)17/h1,8-9,12H,7H2,2-5H3,(H,16,17).